The largest absolute Gasteiger partial charge is 0.383 e. The van der Waals surface area contributed by atoms with E-state index in [0.717, 1.165) is 58.2 Å². The molecule has 0 unspecified atom stereocenters. The third-order valence-electron chi connectivity index (χ3n) is 6.58. The Hall–Kier alpha value is -4.04. The van der Waals surface area contributed by atoms with Crippen LogP contribution in [0.2, 0.25) is 0 Å². The first-order valence-corrected chi connectivity index (χ1v) is 11.1. The number of pyridine rings is 2. The first-order valence-electron chi connectivity index (χ1n) is 11.1. The molecule has 5 aromatic rings. The molecule has 162 valence electrons. The van der Waals surface area contributed by atoms with Gasteiger partial charge in [-0.25, -0.2) is 19.6 Å². The number of aromatic nitrogens is 6. The third kappa shape index (κ3) is 2.81. The van der Waals surface area contributed by atoms with E-state index in [1.165, 1.54) is 17.5 Å². The molecule has 1 aliphatic carbocycles. The molecule has 0 bridgehead atoms. The van der Waals surface area contributed by atoms with Crippen LogP contribution < -0.4 is 5.73 Å². The number of anilines is 1. The monoisotopic (exact) mass is 435 g/mol. The van der Waals surface area contributed by atoms with Crippen molar-refractivity contribution >= 4 is 17.0 Å². The van der Waals surface area contributed by atoms with Gasteiger partial charge in [-0.3, -0.25) is 4.57 Å². The van der Waals surface area contributed by atoms with Gasteiger partial charge in [-0.15, -0.1) is 0 Å². The summed E-state index contributed by atoms with van der Waals surface area (Å²) >= 11 is 0. The standard InChI is InChI=1S/C25H21N7O/c26-23-19(5-2-10-27-23)24-29-20-8-9-22(32-21-14-33-13-17(21)12-28-32)30-25(20)31(24)18-7-6-15-3-1-4-16(15)11-18/h2,5-12H,1,3-4,13-14H2,(H2,26,27). The zero-order valence-corrected chi connectivity index (χ0v) is 17.9. The molecule has 8 heteroatoms. The normalized spacial score (nSPS) is 14.7. The minimum absolute atomic E-state index is 0.442. The Morgan fingerprint density at radius 3 is 2.82 bits per heavy atom. The Morgan fingerprint density at radius 2 is 1.88 bits per heavy atom. The number of rotatable bonds is 3. The van der Waals surface area contributed by atoms with Crippen molar-refractivity contribution in [1.82, 2.24) is 29.3 Å². The molecular formula is C25H21N7O. The van der Waals surface area contributed by atoms with E-state index in [2.05, 4.69) is 32.8 Å². The molecule has 0 saturated heterocycles. The fourth-order valence-corrected chi connectivity index (χ4v) is 4.93. The van der Waals surface area contributed by atoms with E-state index in [1.807, 2.05) is 35.1 Å². The highest BCUT2D eigenvalue weighted by atomic mass is 16.5. The SMILES string of the molecule is Nc1ncccc1-c1nc2ccc(-n3ncc4c3COC4)nc2n1-c1ccc2c(c1)CCC2. The Balaban J connectivity index is 1.49. The van der Waals surface area contributed by atoms with Gasteiger partial charge in [0.2, 0.25) is 0 Å². The quantitative estimate of drug-likeness (QED) is 0.463. The van der Waals surface area contributed by atoms with Gasteiger partial charge in [-0.05, 0) is 66.8 Å². The van der Waals surface area contributed by atoms with E-state index < -0.39 is 0 Å². The fraction of sp³-hybridized carbons (Fsp3) is 0.200. The van der Waals surface area contributed by atoms with Crippen LogP contribution in [0.1, 0.15) is 28.8 Å². The van der Waals surface area contributed by atoms with Gasteiger partial charge in [0.15, 0.2) is 17.3 Å². The summed E-state index contributed by atoms with van der Waals surface area (Å²) in [4.78, 5) is 14.3. The number of nitrogens with two attached hydrogens (primary N) is 1. The summed E-state index contributed by atoms with van der Waals surface area (Å²) in [5.74, 6) is 1.91. The van der Waals surface area contributed by atoms with E-state index in [1.54, 1.807) is 6.20 Å². The Labute approximate surface area is 189 Å². The molecule has 0 atom stereocenters. The average Bonchev–Trinajstić information content (AvgIpc) is 3.61. The van der Waals surface area contributed by atoms with Crippen molar-refractivity contribution < 1.29 is 4.74 Å². The molecular weight excluding hydrogens is 414 g/mol. The summed E-state index contributed by atoms with van der Waals surface area (Å²) in [5, 5.41) is 4.56. The summed E-state index contributed by atoms with van der Waals surface area (Å²) in [7, 11) is 0. The van der Waals surface area contributed by atoms with Gasteiger partial charge in [0.1, 0.15) is 11.3 Å². The van der Waals surface area contributed by atoms with E-state index in [-0.39, 0.29) is 0 Å². The smallest absolute Gasteiger partial charge is 0.167 e. The van der Waals surface area contributed by atoms with Crippen LogP contribution in [-0.2, 0) is 30.8 Å². The van der Waals surface area contributed by atoms with Crippen molar-refractivity contribution in [3.8, 4) is 22.9 Å². The number of hydrogen-bond donors (Lipinski definition) is 1. The van der Waals surface area contributed by atoms with Crippen molar-refractivity contribution in [2.24, 2.45) is 0 Å². The highest BCUT2D eigenvalue weighted by Crippen LogP contribution is 2.33. The molecule has 8 nitrogen and oxygen atoms in total. The lowest BCUT2D eigenvalue weighted by Crippen LogP contribution is -2.06. The predicted molar refractivity (Wildman–Crippen MR) is 124 cm³/mol. The highest BCUT2D eigenvalue weighted by Gasteiger charge is 2.22. The van der Waals surface area contributed by atoms with Gasteiger partial charge in [0, 0.05) is 17.4 Å². The lowest BCUT2D eigenvalue weighted by Gasteiger charge is -2.12. The maximum atomic E-state index is 6.27. The predicted octanol–water partition coefficient (Wildman–Crippen LogP) is 3.77. The number of aryl methyl sites for hydroxylation is 2. The average molecular weight is 435 g/mol. The number of nitrogen functional groups attached to an aromatic ring is 1. The van der Waals surface area contributed by atoms with Gasteiger partial charge in [0.05, 0.1) is 30.7 Å². The van der Waals surface area contributed by atoms with Crippen LogP contribution in [0.25, 0.3) is 34.1 Å². The van der Waals surface area contributed by atoms with Gasteiger partial charge in [-0.1, -0.05) is 6.07 Å². The summed E-state index contributed by atoms with van der Waals surface area (Å²) < 4.78 is 9.54. The minimum atomic E-state index is 0.442. The number of fused-ring (bicyclic) bond motifs is 3. The van der Waals surface area contributed by atoms with Crippen LogP contribution in [0.3, 0.4) is 0 Å². The molecule has 2 aliphatic rings. The van der Waals surface area contributed by atoms with Crippen LogP contribution in [0.15, 0.2) is 54.9 Å². The number of hydrogen-bond acceptors (Lipinski definition) is 6. The molecule has 1 aliphatic heterocycles. The maximum absolute atomic E-state index is 6.27. The molecule has 0 saturated carbocycles. The third-order valence-corrected chi connectivity index (χ3v) is 6.58. The van der Waals surface area contributed by atoms with Crippen LogP contribution in [-0.4, -0.2) is 29.3 Å². The fourth-order valence-electron chi connectivity index (χ4n) is 4.93. The zero-order valence-electron chi connectivity index (χ0n) is 17.9. The highest BCUT2D eigenvalue weighted by molar-refractivity contribution is 5.83. The second-order valence-electron chi connectivity index (χ2n) is 8.55. The summed E-state index contributed by atoms with van der Waals surface area (Å²) in [6.45, 7) is 1.13. The van der Waals surface area contributed by atoms with E-state index >= 15 is 0 Å². The molecule has 4 aromatic heterocycles. The van der Waals surface area contributed by atoms with Gasteiger partial charge in [-0.2, -0.15) is 5.10 Å². The molecule has 1 aromatic carbocycles. The van der Waals surface area contributed by atoms with Crippen LogP contribution in [0.4, 0.5) is 5.82 Å². The zero-order chi connectivity index (χ0) is 21.9. The van der Waals surface area contributed by atoms with Gasteiger partial charge >= 0.3 is 0 Å². The Bertz CT molecular complexity index is 1550. The maximum Gasteiger partial charge on any atom is 0.167 e. The summed E-state index contributed by atoms with van der Waals surface area (Å²) in [6, 6.07) is 14.4. The van der Waals surface area contributed by atoms with Crippen LogP contribution >= 0.6 is 0 Å². The number of nitrogens with zero attached hydrogens (tertiary/aromatic N) is 6. The van der Waals surface area contributed by atoms with Crippen molar-refractivity contribution in [2.45, 2.75) is 32.5 Å². The summed E-state index contributed by atoms with van der Waals surface area (Å²) in [5.41, 5.74) is 14.6. The molecule has 0 fully saturated rings. The second kappa shape index (κ2) is 6.98. The van der Waals surface area contributed by atoms with E-state index in [4.69, 9.17) is 20.4 Å². The van der Waals surface area contributed by atoms with Crippen molar-refractivity contribution in [3.05, 3.63) is 77.2 Å². The molecule has 0 radical (unpaired) electrons. The Morgan fingerprint density at radius 1 is 0.939 bits per heavy atom. The van der Waals surface area contributed by atoms with Gasteiger partial charge < -0.3 is 10.5 Å². The molecule has 2 N–H and O–H groups in total. The molecule has 0 spiro atoms. The molecule has 5 heterocycles. The van der Waals surface area contributed by atoms with Crippen molar-refractivity contribution in [3.63, 3.8) is 0 Å². The van der Waals surface area contributed by atoms with Crippen LogP contribution in [0, 0.1) is 0 Å². The number of imidazole rings is 1. The lowest BCUT2D eigenvalue weighted by atomic mass is 10.1. The first kappa shape index (κ1) is 18.5. The molecule has 0 amide bonds. The summed E-state index contributed by atoms with van der Waals surface area (Å²) in [6.07, 6.45) is 6.97. The van der Waals surface area contributed by atoms with Crippen molar-refractivity contribution in [2.75, 3.05) is 5.73 Å². The van der Waals surface area contributed by atoms with E-state index in [9.17, 15) is 0 Å². The lowest BCUT2D eigenvalue weighted by molar-refractivity contribution is 0.130. The van der Waals surface area contributed by atoms with Crippen LogP contribution in [0.5, 0.6) is 0 Å². The first-order chi connectivity index (χ1) is 16.3. The Kier molecular flexibility index (Phi) is 3.92. The topological polar surface area (TPSA) is 96.7 Å². The van der Waals surface area contributed by atoms with Crippen molar-refractivity contribution in [1.29, 1.82) is 0 Å². The molecule has 33 heavy (non-hydrogen) atoms. The number of benzene rings is 1. The van der Waals surface area contributed by atoms with Gasteiger partial charge in [0.25, 0.3) is 0 Å². The number of ether oxygens (including phenoxy) is 1. The second-order valence-corrected chi connectivity index (χ2v) is 8.55. The van der Waals surface area contributed by atoms with E-state index in [0.29, 0.717) is 19.0 Å². The molecule has 7 rings (SSSR count). The minimum Gasteiger partial charge on any atom is -0.383 e.